The molecule has 0 unspecified atom stereocenters. The fraction of sp³-hybridized carbons (Fsp3) is 0.111. The zero-order valence-corrected chi connectivity index (χ0v) is 62.4. The molecule has 0 saturated heterocycles. The predicted octanol–water partition coefficient (Wildman–Crippen LogP) is 22.9. The molecule has 0 heterocycles. The van der Waals surface area contributed by atoms with Gasteiger partial charge in [-0.15, -0.1) is 0 Å². The van der Waals surface area contributed by atoms with Crippen molar-refractivity contribution in [3.8, 4) is 89.8 Å². The third kappa shape index (κ3) is 21.6. The highest BCUT2D eigenvalue weighted by atomic mass is 28.3. The van der Waals surface area contributed by atoms with Crippen molar-refractivity contribution in [2.75, 3.05) is 0 Å². The minimum absolute atomic E-state index is 0.00296. The summed E-state index contributed by atoms with van der Waals surface area (Å²) in [5.74, 6) is -6.25. The van der Waals surface area contributed by atoms with E-state index in [1.165, 1.54) is 52.5 Å². The molecule has 528 valence electrons. The SMILES string of the molecule is C=C(C)C(=O)Oc1ccc(-c2cc(F)c(OC(=O)C(=C)C)c(F)c2)cc1F.C=C(C)C(=O)Oc1ccc(-c2cc([Si](C)(C)C)c(-c3ccc(OC(=O)C(=C)C)cc3)cc2[Si](C)(C)C)cc1.C=Cc1ccc(-c2ccc(-c3ccc(C=C)cc3)c(F)c2)cc1.C=Cc1ccc(-c2ccc(C=C)cc2)cc1. The molecular weight excluding hydrogens is 1340 g/mol. The monoisotopic (exact) mass is 1420 g/mol. The Balaban J connectivity index is 0.000000202. The van der Waals surface area contributed by atoms with Gasteiger partial charge in [-0.3, -0.25) is 0 Å². The number of carbonyl (C=O) groups excluding carboxylic acids is 4. The lowest BCUT2D eigenvalue weighted by Crippen LogP contribution is -2.44. The van der Waals surface area contributed by atoms with Gasteiger partial charge in [-0.05, 0) is 166 Å². The van der Waals surface area contributed by atoms with Crippen molar-refractivity contribution in [2.24, 2.45) is 0 Å². The largest absolute Gasteiger partial charge is 0.423 e. The van der Waals surface area contributed by atoms with Gasteiger partial charge in [-0.1, -0.05) is 278 Å². The minimum Gasteiger partial charge on any atom is -0.423 e. The summed E-state index contributed by atoms with van der Waals surface area (Å²) in [7, 11) is -3.54. The molecular formula is C90H84F4O8Si2. The van der Waals surface area contributed by atoms with E-state index in [4.69, 9.17) is 14.2 Å². The fourth-order valence-electron chi connectivity index (χ4n) is 10.2. The van der Waals surface area contributed by atoms with Crippen LogP contribution in [0.15, 0.2) is 281 Å². The second-order valence-corrected chi connectivity index (χ2v) is 36.7. The Morgan fingerprint density at radius 2 is 0.567 bits per heavy atom. The van der Waals surface area contributed by atoms with E-state index in [0.29, 0.717) is 28.2 Å². The van der Waals surface area contributed by atoms with Crippen molar-refractivity contribution < 1.29 is 55.7 Å². The van der Waals surface area contributed by atoms with Crippen LogP contribution in [0.4, 0.5) is 17.6 Å². The van der Waals surface area contributed by atoms with Gasteiger partial charge in [0, 0.05) is 27.9 Å². The first-order valence-corrected chi connectivity index (χ1v) is 40.1. The number of halogens is 4. The van der Waals surface area contributed by atoms with Crippen molar-refractivity contribution in [2.45, 2.75) is 67.0 Å². The van der Waals surface area contributed by atoms with Gasteiger partial charge in [0.1, 0.15) is 17.3 Å². The molecule has 10 rings (SSSR count). The van der Waals surface area contributed by atoms with Crippen molar-refractivity contribution in [3.05, 3.63) is 327 Å². The summed E-state index contributed by atoms with van der Waals surface area (Å²) in [5.41, 5.74) is 15.7. The van der Waals surface area contributed by atoms with Crippen LogP contribution in [0.3, 0.4) is 0 Å². The van der Waals surface area contributed by atoms with Gasteiger partial charge in [0.25, 0.3) is 0 Å². The zero-order valence-electron chi connectivity index (χ0n) is 60.4. The van der Waals surface area contributed by atoms with Crippen molar-refractivity contribution in [3.63, 3.8) is 0 Å². The van der Waals surface area contributed by atoms with E-state index >= 15 is 0 Å². The van der Waals surface area contributed by atoms with Crippen LogP contribution >= 0.6 is 0 Å². The molecule has 0 spiro atoms. The number of rotatable bonds is 20. The van der Waals surface area contributed by atoms with E-state index < -0.39 is 63.2 Å². The van der Waals surface area contributed by atoms with Crippen LogP contribution in [0, 0.1) is 23.3 Å². The van der Waals surface area contributed by atoms with Gasteiger partial charge in [0.05, 0.1) is 16.1 Å². The Bertz CT molecular complexity index is 4720. The van der Waals surface area contributed by atoms with Crippen LogP contribution in [-0.2, 0) is 19.2 Å². The van der Waals surface area contributed by atoms with E-state index in [-0.39, 0.29) is 33.8 Å². The Morgan fingerprint density at radius 3 is 0.894 bits per heavy atom. The minimum atomic E-state index is -1.77. The quantitative estimate of drug-likeness (QED) is 0.0244. The molecule has 104 heavy (non-hydrogen) atoms. The molecule has 0 fully saturated rings. The molecule has 10 aromatic carbocycles. The predicted molar refractivity (Wildman–Crippen MR) is 426 cm³/mol. The molecule has 8 nitrogen and oxygen atoms in total. The van der Waals surface area contributed by atoms with E-state index in [0.717, 1.165) is 74.3 Å². The van der Waals surface area contributed by atoms with E-state index in [2.05, 4.69) is 157 Å². The summed E-state index contributed by atoms with van der Waals surface area (Å²) in [6, 6.07) is 63.1. The fourth-order valence-corrected chi connectivity index (χ4v) is 13.4. The Hall–Kier alpha value is -11.8. The summed E-state index contributed by atoms with van der Waals surface area (Å²) in [6.45, 7) is 49.1. The molecule has 0 radical (unpaired) electrons. The van der Waals surface area contributed by atoms with Crippen molar-refractivity contribution >= 4 is 74.7 Å². The highest BCUT2D eigenvalue weighted by molar-refractivity contribution is 6.91. The smallest absolute Gasteiger partial charge is 0.338 e. The molecule has 14 heteroatoms. The van der Waals surface area contributed by atoms with Crippen molar-refractivity contribution in [1.29, 1.82) is 0 Å². The van der Waals surface area contributed by atoms with Crippen LogP contribution in [0.1, 0.15) is 49.9 Å². The van der Waals surface area contributed by atoms with Crippen molar-refractivity contribution in [1.82, 2.24) is 0 Å². The van der Waals surface area contributed by atoms with Gasteiger partial charge >= 0.3 is 23.9 Å². The molecule has 0 amide bonds. The summed E-state index contributed by atoms with van der Waals surface area (Å²) < 4.78 is 77.1. The van der Waals surface area contributed by atoms with Gasteiger partial charge in [0.15, 0.2) is 23.2 Å². The molecule has 10 aromatic rings. The molecule has 0 aliphatic rings. The summed E-state index contributed by atoms with van der Waals surface area (Å²) in [5, 5.41) is 2.72. The van der Waals surface area contributed by atoms with Crippen LogP contribution in [0.5, 0.6) is 23.0 Å². The van der Waals surface area contributed by atoms with Gasteiger partial charge < -0.3 is 18.9 Å². The maximum atomic E-state index is 14.5. The third-order valence-electron chi connectivity index (χ3n) is 16.1. The lowest BCUT2D eigenvalue weighted by atomic mass is 9.98. The molecule has 0 aliphatic heterocycles. The first-order valence-electron chi connectivity index (χ1n) is 33.1. The number of hydrogen-bond acceptors (Lipinski definition) is 8. The second kappa shape index (κ2) is 35.7. The normalized spacial score (nSPS) is 10.7. The lowest BCUT2D eigenvalue weighted by Gasteiger charge is -2.28. The Morgan fingerprint density at radius 1 is 0.298 bits per heavy atom. The van der Waals surface area contributed by atoms with E-state index in [1.54, 1.807) is 32.1 Å². The standard InChI is InChI=1S/C32H38O4Si2.C22H17F.C20H15F3O4.C16H14/c1-21(2)31(33)35-25-15-11-23(12-16-25)27-19-30(38(8,9)10)28(20-29(27)37(5,6)7)24-13-17-26(18-14-24)36-32(34)22(3)4;1-3-16-5-9-18(10-6-16)20-13-14-21(22(23)15-20)19-11-7-17(4-2)8-12-19;1-10(2)19(24)26-17-6-5-12(7-14(17)21)13-8-15(22)18(16(23)9-13)27-20(25)11(3)4;1-3-13-5-9-15(10-6-13)16-11-7-14(4-2)8-12-16/h11-20H,1,3H2,2,4-10H3;3-15H,1-2H2;5-9H,1,3H2,2,4H3;3-12H,1-2H2. The highest BCUT2D eigenvalue weighted by Crippen LogP contribution is 2.35. The number of carbonyl (C=O) groups is 4. The molecule has 0 saturated carbocycles. The molecule has 0 aliphatic carbocycles. The number of ether oxygens (including phenoxy) is 4. The molecule has 0 N–H and O–H groups in total. The maximum Gasteiger partial charge on any atom is 0.338 e. The number of hydrogen-bond donors (Lipinski definition) is 0. The summed E-state index contributed by atoms with van der Waals surface area (Å²) in [4.78, 5) is 46.8. The summed E-state index contributed by atoms with van der Waals surface area (Å²) in [6.07, 6.45) is 7.27. The lowest BCUT2D eigenvalue weighted by molar-refractivity contribution is -0.131. The topological polar surface area (TPSA) is 105 Å². The molecule has 0 aromatic heterocycles. The van der Waals surface area contributed by atoms with Crippen LogP contribution in [0.25, 0.3) is 91.1 Å². The average Bonchev–Trinajstić information content (AvgIpc) is 0.747. The maximum absolute atomic E-state index is 14.5. The van der Waals surface area contributed by atoms with Crippen LogP contribution in [0.2, 0.25) is 39.3 Å². The van der Waals surface area contributed by atoms with E-state index in [9.17, 15) is 36.7 Å². The van der Waals surface area contributed by atoms with Crippen LogP contribution in [-0.4, -0.2) is 40.0 Å². The van der Waals surface area contributed by atoms with E-state index in [1.807, 2.05) is 121 Å². The summed E-state index contributed by atoms with van der Waals surface area (Å²) >= 11 is 0. The van der Waals surface area contributed by atoms with Gasteiger partial charge in [-0.2, -0.15) is 0 Å². The van der Waals surface area contributed by atoms with Gasteiger partial charge in [0.2, 0.25) is 5.75 Å². The number of esters is 4. The Labute approximate surface area is 610 Å². The third-order valence-corrected chi connectivity index (χ3v) is 20.2. The highest BCUT2D eigenvalue weighted by Gasteiger charge is 2.29. The van der Waals surface area contributed by atoms with Crippen LogP contribution < -0.4 is 29.3 Å². The zero-order chi connectivity index (χ0) is 76.3. The second-order valence-electron chi connectivity index (χ2n) is 26.6. The van der Waals surface area contributed by atoms with Gasteiger partial charge in [-0.25, -0.2) is 36.7 Å². The molecule has 0 bridgehead atoms. The first-order chi connectivity index (χ1) is 49.2. The molecule has 0 atom stereocenters. The first kappa shape index (κ1) is 79.5. The number of benzene rings is 10. The average molecular weight is 1430 g/mol. The Kier molecular flexibility index (Phi) is 27.2.